The van der Waals surface area contributed by atoms with E-state index in [4.69, 9.17) is 5.26 Å². The van der Waals surface area contributed by atoms with Crippen LogP contribution in [0.15, 0.2) is 18.3 Å². The predicted molar refractivity (Wildman–Crippen MR) is 63.4 cm³/mol. The normalized spacial score (nSPS) is 18.8. The average Bonchev–Trinajstić information content (AvgIpc) is 2.77. The van der Waals surface area contributed by atoms with E-state index >= 15 is 0 Å². The highest BCUT2D eigenvalue weighted by atomic mass is 16.1. The van der Waals surface area contributed by atoms with Crippen molar-refractivity contribution in [1.82, 2.24) is 10.3 Å². The maximum Gasteiger partial charge on any atom is 0.217 e. The summed E-state index contributed by atoms with van der Waals surface area (Å²) in [5.74, 6) is 0.00908. The molecule has 1 aliphatic heterocycles. The van der Waals surface area contributed by atoms with Gasteiger partial charge in [-0.2, -0.15) is 5.26 Å². The lowest BCUT2D eigenvalue weighted by atomic mass is 10.2. The quantitative estimate of drug-likeness (QED) is 0.810. The number of carbonyl (C=O) groups excluding carboxylic acids is 1. The molecule has 1 aromatic rings. The topological polar surface area (TPSA) is 69.0 Å². The third-order valence-corrected chi connectivity index (χ3v) is 2.82. The van der Waals surface area contributed by atoms with E-state index in [0.29, 0.717) is 5.69 Å². The molecule has 2 heterocycles. The fraction of sp³-hybridized carbons (Fsp3) is 0.417. The van der Waals surface area contributed by atoms with Crippen LogP contribution in [-0.4, -0.2) is 30.0 Å². The summed E-state index contributed by atoms with van der Waals surface area (Å²) in [5.41, 5.74) is 1.42. The number of hydrogen-bond acceptors (Lipinski definition) is 4. The molecule has 1 unspecified atom stereocenters. The zero-order valence-electron chi connectivity index (χ0n) is 9.68. The van der Waals surface area contributed by atoms with E-state index < -0.39 is 0 Å². The van der Waals surface area contributed by atoms with Gasteiger partial charge in [-0.3, -0.25) is 4.79 Å². The van der Waals surface area contributed by atoms with Crippen molar-refractivity contribution < 1.29 is 4.79 Å². The van der Waals surface area contributed by atoms with Gasteiger partial charge in [-0.05, 0) is 18.6 Å². The lowest BCUT2D eigenvalue weighted by Gasteiger charge is -2.18. The second-order valence-corrected chi connectivity index (χ2v) is 4.15. The Morgan fingerprint density at radius 2 is 2.47 bits per heavy atom. The Morgan fingerprint density at radius 1 is 1.65 bits per heavy atom. The second-order valence-electron chi connectivity index (χ2n) is 4.15. The van der Waals surface area contributed by atoms with Crippen LogP contribution < -0.4 is 10.2 Å². The fourth-order valence-corrected chi connectivity index (χ4v) is 2.04. The van der Waals surface area contributed by atoms with Gasteiger partial charge in [0.25, 0.3) is 0 Å². The summed E-state index contributed by atoms with van der Waals surface area (Å²) in [6.07, 6.45) is 2.65. The van der Waals surface area contributed by atoms with Crippen molar-refractivity contribution in [2.75, 3.05) is 18.0 Å². The number of carbonyl (C=O) groups is 1. The van der Waals surface area contributed by atoms with E-state index in [2.05, 4.69) is 15.2 Å². The molecule has 88 valence electrons. The molecule has 1 atom stereocenters. The Bertz CT molecular complexity index is 449. The maximum absolute atomic E-state index is 10.9. The van der Waals surface area contributed by atoms with Gasteiger partial charge in [0.2, 0.25) is 5.91 Å². The van der Waals surface area contributed by atoms with Gasteiger partial charge in [-0.25, -0.2) is 4.98 Å². The molecule has 0 saturated carbocycles. The van der Waals surface area contributed by atoms with Crippen molar-refractivity contribution >= 4 is 11.6 Å². The number of amides is 1. The van der Waals surface area contributed by atoms with Gasteiger partial charge in [0, 0.05) is 26.1 Å². The van der Waals surface area contributed by atoms with Crippen LogP contribution in [0, 0.1) is 11.3 Å². The van der Waals surface area contributed by atoms with Gasteiger partial charge in [-0.1, -0.05) is 0 Å². The molecule has 2 rings (SSSR count). The first-order valence-electron chi connectivity index (χ1n) is 5.57. The standard InChI is InChI=1S/C12H14N4O/c1-9(17)15-11-4-5-16(8-11)12-3-2-10(6-13)14-7-12/h2-3,7,11H,4-5,8H2,1H3,(H,15,17). The largest absolute Gasteiger partial charge is 0.368 e. The summed E-state index contributed by atoms with van der Waals surface area (Å²) >= 11 is 0. The predicted octanol–water partition coefficient (Wildman–Crippen LogP) is 0.668. The van der Waals surface area contributed by atoms with Crippen LogP contribution in [0.2, 0.25) is 0 Å². The molecule has 0 bridgehead atoms. The lowest BCUT2D eigenvalue weighted by Crippen LogP contribution is -2.35. The van der Waals surface area contributed by atoms with E-state index in [0.717, 1.165) is 25.2 Å². The molecule has 1 N–H and O–H groups in total. The Kier molecular flexibility index (Phi) is 3.24. The first-order chi connectivity index (χ1) is 8.19. The number of aromatic nitrogens is 1. The van der Waals surface area contributed by atoms with Crippen LogP contribution in [-0.2, 0) is 4.79 Å². The molecule has 0 aliphatic carbocycles. The van der Waals surface area contributed by atoms with E-state index in [1.807, 2.05) is 12.1 Å². The third-order valence-electron chi connectivity index (χ3n) is 2.82. The van der Waals surface area contributed by atoms with Crippen molar-refractivity contribution in [3.63, 3.8) is 0 Å². The molecule has 1 aromatic heterocycles. The van der Waals surface area contributed by atoms with Gasteiger partial charge in [0.1, 0.15) is 11.8 Å². The van der Waals surface area contributed by atoms with E-state index in [9.17, 15) is 4.79 Å². The zero-order valence-corrected chi connectivity index (χ0v) is 9.68. The molecular formula is C12H14N4O. The van der Waals surface area contributed by atoms with Crippen LogP contribution in [0.3, 0.4) is 0 Å². The van der Waals surface area contributed by atoms with Crippen molar-refractivity contribution in [2.45, 2.75) is 19.4 Å². The number of nitriles is 1. The maximum atomic E-state index is 10.9. The molecule has 1 saturated heterocycles. The van der Waals surface area contributed by atoms with E-state index in [1.54, 1.807) is 12.3 Å². The number of hydrogen-bond donors (Lipinski definition) is 1. The minimum absolute atomic E-state index is 0.00908. The monoisotopic (exact) mass is 230 g/mol. The molecular weight excluding hydrogens is 216 g/mol. The summed E-state index contributed by atoms with van der Waals surface area (Å²) in [7, 11) is 0. The highest BCUT2D eigenvalue weighted by Crippen LogP contribution is 2.19. The molecule has 0 radical (unpaired) electrons. The summed E-state index contributed by atoms with van der Waals surface area (Å²) in [5, 5.41) is 11.6. The van der Waals surface area contributed by atoms with Crippen LogP contribution in [0.1, 0.15) is 19.0 Å². The smallest absolute Gasteiger partial charge is 0.217 e. The minimum atomic E-state index is 0.00908. The van der Waals surface area contributed by atoms with Crippen molar-refractivity contribution in [3.05, 3.63) is 24.0 Å². The van der Waals surface area contributed by atoms with Gasteiger partial charge >= 0.3 is 0 Å². The van der Waals surface area contributed by atoms with Crippen molar-refractivity contribution in [3.8, 4) is 6.07 Å². The highest BCUT2D eigenvalue weighted by molar-refractivity contribution is 5.73. The van der Waals surface area contributed by atoms with Gasteiger partial charge in [0.15, 0.2) is 0 Å². The molecule has 0 aromatic carbocycles. The Labute approximate surface area is 100 Å². The molecule has 1 amide bonds. The molecule has 17 heavy (non-hydrogen) atoms. The Hall–Kier alpha value is -2.09. The number of pyridine rings is 1. The van der Waals surface area contributed by atoms with E-state index in [-0.39, 0.29) is 11.9 Å². The molecule has 1 aliphatic rings. The van der Waals surface area contributed by atoms with Crippen molar-refractivity contribution in [2.24, 2.45) is 0 Å². The first kappa shape index (κ1) is 11.4. The summed E-state index contributed by atoms with van der Waals surface area (Å²) < 4.78 is 0. The molecule has 1 fully saturated rings. The van der Waals surface area contributed by atoms with Crippen LogP contribution in [0.5, 0.6) is 0 Å². The van der Waals surface area contributed by atoms with Gasteiger partial charge in [-0.15, -0.1) is 0 Å². The average molecular weight is 230 g/mol. The number of nitrogens with one attached hydrogen (secondary N) is 1. The molecule has 5 heteroatoms. The summed E-state index contributed by atoms with van der Waals surface area (Å²) in [4.78, 5) is 17.1. The van der Waals surface area contributed by atoms with Crippen LogP contribution in [0.25, 0.3) is 0 Å². The summed E-state index contributed by atoms with van der Waals surface area (Å²) in [6, 6.07) is 5.80. The minimum Gasteiger partial charge on any atom is -0.368 e. The number of anilines is 1. The van der Waals surface area contributed by atoms with Gasteiger partial charge < -0.3 is 10.2 Å². The number of nitrogens with zero attached hydrogens (tertiary/aromatic N) is 3. The summed E-state index contributed by atoms with van der Waals surface area (Å²) in [6.45, 7) is 3.23. The molecule has 5 nitrogen and oxygen atoms in total. The molecule has 0 spiro atoms. The highest BCUT2D eigenvalue weighted by Gasteiger charge is 2.23. The Morgan fingerprint density at radius 3 is 3.06 bits per heavy atom. The Balaban J connectivity index is 2.00. The number of rotatable bonds is 2. The van der Waals surface area contributed by atoms with Crippen LogP contribution in [0.4, 0.5) is 5.69 Å². The lowest BCUT2D eigenvalue weighted by molar-refractivity contribution is -0.119. The second kappa shape index (κ2) is 4.83. The fourth-order valence-electron chi connectivity index (χ4n) is 2.04. The van der Waals surface area contributed by atoms with Crippen molar-refractivity contribution in [1.29, 1.82) is 5.26 Å². The van der Waals surface area contributed by atoms with Crippen LogP contribution >= 0.6 is 0 Å². The zero-order chi connectivity index (χ0) is 12.3. The first-order valence-corrected chi connectivity index (χ1v) is 5.57. The SMILES string of the molecule is CC(=O)NC1CCN(c2ccc(C#N)nc2)C1. The van der Waals surface area contributed by atoms with E-state index in [1.165, 1.54) is 6.92 Å². The third kappa shape index (κ3) is 2.72. The van der Waals surface area contributed by atoms with Gasteiger partial charge in [0.05, 0.1) is 11.9 Å².